The Hall–Kier alpha value is -4.06. The predicted octanol–water partition coefficient (Wildman–Crippen LogP) is 3.51. The lowest BCUT2D eigenvalue weighted by Crippen LogP contribution is -2.49. The van der Waals surface area contributed by atoms with E-state index in [9.17, 15) is 9.18 Å². The molecule has 1 aliphatic carbocycles. The molecule has 2 atom stereocenters. The van der Waals surface area contributed by atoms with Crippen molar-refractivity contribution in [3.63, 3.8) is 0 Å². The normalized spacial score (nSPS) is 21.0. The second-order valence-corrected chi connectivity index (χ2v) is 9.57. The molecule has 6 rings (SSSR count). The van der Waals surface area contributed by atoms with Gasteiger partial charge >= 0.3 is 12.0 Å². The average molecular weight is 507 g/mol. The Morgan fingerprint density at radius 2 is 2.11 bits per heavy atom. The van der Waals surface area contributed by atoms with Crippen molar-refractivity contribution < 1.29 is 18.7 Å². The van der Waals surface area contributed by atoms with Crippen LogP contribution >= 0.6 is 0 Å². The lowest BCUT2D eigenvalue weighted by molar-refractivity contribution is 0.0512. The number of ether oxygens (including phenoxy) is 2. The molecule has 2 unspecified atom stereocenters. The summed E-state index contributed by atoms with van der Waals surface area (Å²) in [4.78, 5) is 34.9. The van der Waals surface area contributed by atoms with Crippen LogP contribution in [-0.4, -0.2) is 62.7 Å². The average Bonchev–Trinajstić information content (AvgIpc) is 3.40. The number of nitrogens with two attached hydrogens (primary N) is 1. The van der Waals surface area contributed by atoms with Crippen LogP contribution in [0.3, 0.4) is 0 Å². The van der Waals surface area contributed by atoms with Gasteiger partial charge in [0.1, 0.15) is 17.3 Å². The maximum absolute atomic E-state index is 14.6. The van der Waals surface area contributed by atoms with Crippen molar-refractivity contribution in [1.82, 2.24) is 24.9 Å². The number of nitrogens with one attached hydrogen (secondary N) is 2. The van der Waals surface area contributed by atoms with E-state index < -0.39 is 5.97 Å². The van der Waals surface area contributed by atoms with Crippen molar-refractivity contribution in [1.29, 1.82) is 0 Å². The minimum absolute atomic E-state index is 0.0664. The SMILES string of the molecule is CCOC(=O)c1ncc(Oc2nc(N3CCC4(N)CCC3C4)c3c(n2)[nH]c2c(NC)cc(F)cc23)cn1. The lowest BCUT2D eigenvalue weighted by atomic mass is 9.91. The van der Waals surface area contributed by atoms with E-state index in [1.54, 1.807) is 14.0 Å². The van der Waals surface area contributed by atoms with Gasteiger partial charge in [-0.1, -0.05) is 0 Å². The van der Waals surface area contributed by atoms with E-state index in [4.69, 9.17) is 20.2 Å². The van der Waals surface area contributed by atoms with E-state index in [1.165, 1.54) is 24.5 Å². The molecule has 2 aliphatic rings. The zero-order chi connectivity index (χ0) is 25.7. The summed E-state index contributed by atoms with van der Waals surface area (Å²) >= 11 is 0. The molecule has 0 amide bonds. The first-order chi connectivity index (χ1) is 17.9. The molecule has 192 valence electrons. The fraction of sp³-hybridized carbons (Fsp3) is 0.400. The number of fused-ring (bicyclic) bond motifs is 5. The van der Waals surface area contributed by atoms with Crippen LogP contribution in [0.1, 0.15) is 43.2 Å². The Morgan fingerprint density at radius 3 is 2.86 bits per heavy atom. The minimum atomic E-state index is -0.614. The molecule has 4 aromatic rings. The molecular weight excluding hydrogens is 479 g/mol. The van der Waals surface area contributed by atoms with Crippen molar-refractivity contribution in [3.8, 4) is 11.8 Å². The number of nitrogens with zero attached hydrogens (tertiary/aromatic N) is 5. The number of piperidine rings is 1. The van der Waals surface area contributed by atoms with Gasteiger partial charge in [-0.2, -0.15) is 9.97 Å². The van der Waals surface area contributed by atoms with E-state index in [2.05, 4.69) is 30.2 Å². The molecule has 3 aromatic heterocycles. The first-order valence-electron chi connectivity index (χ1n) is 12.3. The molecule has 37 heavy (non-hydrogen) atoms. The van der Waals surface area contributed by atoms with Gasteiger partial charge in [0.25, 0.3) is 0 Å². The van der Waals surface area contributed by atoms with Crippen molar-refractivity contribution >= 4 is 39.4 Å². The highest BCUT2D eigenvalue weighted by Crippen LogP contribution is 2.44. The molecule has 0 radical (unpaired) electrons. The van der Waals surface area contributed by atoms with Crippen LogP contribution < -0.4 is 20.7 Å². The summed E-state index contributed by atoms with van der Waals surface area (Å²) in [5.41, 5.74) is 8.29. The molecule has 1 saturated heterocycles. The monoisotopic (exact) mass is 506 g/mol. The summed E-state index contributed by atoms with van der Waals surface area (Å²) in [6, 6.07) is 3.23. The summed E-state index contributed by atoms with van der Waals surface area (Å²) in [6.45, 7) is 2.66. The topological polar surface area (TPSA) is 144 Å². The minimum Gasteiger partial charge on any atom is -0.460 e. The second kappa shape index (κ2) is 8.80. The molecule has 2 bridgehead atoms. The molecule has 4 N–H and O–H groups in total. The van der Waals surface area contributed by atoms with Gasteiger partial charge in [0, 0.05) is 30.6 Å². The Kier molecular flexibility index (Phi) is 5.55. The van der Waals surface area contributed by atoms with Crippen molar-refractivity contribution in [3.05, 3.63) is 36.2 Å². The molecule has 1 aliphatic heterocycles. The number of aromatic nitrogens is 5. The summed E-state index contributed by atoms with van der Waals surface area (Å²) in [5.74, 6) is -0.113. The van der Waals surface area contributed by atoms with Gasteiger partial charge in [-0.05, 0) is 44.7 Å². The third kappa shape index (κ3) is 4.06. The van der Waals surface area contributed by atoms with Gasteiger partial charge < -0.3 is 30.4 Å². The number of benzene rings is 1. The number of rotatable bonds is 6. The number of esters is 1. The van der Waals surface area contributed by atoms with Crippen LogP contribution in [0.25, 0.3) is 21.9 Å². The summed E-state index contributed by atoms with van der Waals surface area (Å²) < 4.78 is 25.4. The standard InChI is InChI=1S/C25H27FN8O3/c1-3-36-23(35)21-29-11-15(12-30-21)37-24-32-20-18(16-8-13(26)9-17(28-2)19(16)31-20)22(33-24)34-7-6-25(27)5-4-14(34)10-25/h8-9,11-12,14,28H,3-7,10,27H2,1-2H3,(H,31,32,33). The highest BCUT2D eigenvalue weighted by Gasteiger charge is 2.44. The maximum Gasteiger partial charge on any atom is 0.376 e. The van der Waals surface area contributed by atoms with Crippen LogP contribution in [0, 0.1) is 5.82 Å². The fourth-order valence-electron chi connectivity index (χ4n) is 5.48. The van der Waals surface area contributed by atoms with Gasteiger partial charge in [-0.25, -0.2) is 19.2 Å². The Morgan fingerprint density at radius 1 is 1.30 bits per heavy atom. The predicted molar refractivity (Wildman–Crippen MR) is 135 cm³/mol. The molecule has 1 aromatic carbocycles. The summed E-state index contributed by atoms with van der Waals surface area (Å²) in [5, 5.41) is 4.46. The van der Waals surface area contributed by atoms with Gasteiger partial charge in [0.2, 0.25) is 5.82 Å². The Balaban J connectivity index is 1.45. The highest BCUT2D eigenvalue weighted by molar-refractivity contribution is 6.14. The summed E-state index contributed by atoms with van der Waals surface area (Å²) in [6.07, 6.45) is 6.37. The third-order valence-electron chi connectivity index (χ3n) is 7.23. The number of carbonyl (C=O) groups is 1. The van der Waals surface area contributed by atoms with Crippen molar-refractivity contribution in [2.75, 3.05) is 30.4 Å². The largest absolute Gasteiger partial charge is 0.460 e. The number of anilines is 2. The summed E-state index contributed by atoms with van der Waals surface area (Å²) in [7, 11) is 1.74. The Labute approximate surface area is 211 Å². The van der Waals surface area contributed by atoms with Crippen LogP contribution in [0.15, 0.2) is 24.5 Å². The Bertz CT molecular complexity index is 1510. The number of halogens is 1. The molecular formula is C25H27FN8O3. The smallest absolute Gasteiger partial charge is 0.376 e. The fourth-order valence-corrected chi connectivity index (χ4v) is 5.48. The number of aromatic amines is 1. The first-order valence-corrected chi connectivity index (χ1v) is 12.3. The zero-order valence-corrected chi connectivity index (χ0v) is 20.5. The van der Waals surface area contributed by atoms with E-state index >= 15 is 0 Å². The number of hydrogen-bond donors (Lipinski definition) is 3. The van der Waals surface area contributed by atoms with E-state index in [0.29, 0.717) is 22.5 Å². The third-order valence-corrected chi connectivity index (χ3v) is 7.23. The van der Waals surface area contributed by atoms with Gasteiger partial charge in [0.05, 0.1) is 35.6 Å². The second-order valence-electron chi connectivity index (χ2n) is 9.57. The number of H-pyrrole nitrogens is 1. The maximum atomic E-state index is 14.6. The molecule has 11 nitrogen and oxygen atoms in total. The van der Waals surface area contributed by atoms with Crippen LogP contribution in [-0.2, 0) is 4.74 Å². The first kappa shape index (κ1) is 23.3. The molecule has 2 fully saturated rings. The molecule has 12 heteroatoms. The van der Waals surface area contributed by atoms with E-state index in [-0.39, 0.29) is 41.6 Å². The van der Waals surface area contributed by atoms with E-state index in [1.807, 2.05) is 0 Å². The van der Waals surface area contributed by atoms with Crippen molar-refractivity contribution in [2.45, 2.75) is 44.2 Å². The zero-order valence-electron chi connectivity index (χ0n) is 20.5. The molecule has 4 heterocycles. The lowest BCUT2D eigenvalue weighted by Gasteiger charge is -2.38. The van der Waals surface area contributed by atoms with Gasteiger partial charge in [0.15, 0.2) is 5.75 Å². The van der Waals surface area contributed by atoms with E-state index in [0.717, 1.165) is 43.1 Å². The number of carbonyl (C=O) groups excluding carboxylic acids is 1. The van der Waals surface area contributed by atoms with Crippen LogP contribution in [0.4, 0.5) is 15.9 Å². The van der Waals surface area contributed by atoms with Crippen molar-refractivity contribution in [2.24, 2.45) is 5.73 Å². The van der Waals surface area contributed by atoms with Crippen LogP contribution in [0.5, 0.6) is 11.8 Å². The quantitative estimate of drug-likeness (QED) is 0.332. The molecule has 1 saturated carbocycles. The van der Waals surface area contributed by atoms with Crippen LogP contribution in [0.2, 0.25) is 0 Å². The highest BCUT2D eigenvalue weighted by atomic mass is 19.1. The molecule has 0 spiro atoms. The number of hydrogen-bond acceptors (Lipinski definition) is 10. The van der Waals surface area contributed by atoms with Gasteiger partial charge in [-0.3, -0.25) is 0 Å². The van der Waals surface area contributed by atoms with Gasteiger partial charge in [-0.15, -0.1) is 0 Å².